The molecule has 0 atom stereocenters. The third-order valence-electron chi connectivity index (χ3n) is 4.58. The van der Waals surface area contributed by atoms with Crippen molar-refractivity contribution in [2.24, 2.45) is 0 Å². The number of urea groups is 1. The molecule has 0 bridgehead atoms. The number of benzene rings is 2. The number of carbonyl (C=O) groups is 1. The molecule has 4 rings (SSSR count). The minimum Gasteiger partial charge on any atom is -0.508 e. The number of aromatic hydroxyl groups is 2. The molecule has 2 amide bonds. The van der Waals surface area contributed by atoms with Crippen molar-refractivity contribution in [2.75, 3.05) is 11.9 Å². The standard InChI is InChI=1S/C23H19N5O3S/c1-2-13-28(32)23(31)26-19-12-11-18-22(25-19)27-21(15-5-9-17(30)10-6-15)20(24-18)14-3-7-16(29)8-4-14/h2-12,29-30,32H,1,13H2,(H,25,26,27,31). The van der Waals surface area contributed by atoms with Crippen molar-refractivity contribution >= 4 is 35.8 Å². The molecule has 8 nitrogen and oxygen atoms in total. The molecule has 0 aliphatic carbocycles. The van der Waals surface area contributed by atoms with Crippen LogP contribution >= 0.6 is 12.8 Å². The van der Waals surface area contributed by atoms with Crippen molar-refractivity contribution < 1.29 is 15.0 Å². The van der Waals surface area contributed by atoms with E-state index in [0.29, 0.717) is 28.4 Å². The van der Waals surface area contributed by atoms with Crippen LogP contribution in [0.2, 0.25) is 0 Å². The molecule has 0 saturated carbocycles. The fourth-order valence-electron chi connectivity index (χ4n) is 3.03. The highest BCUT2D eigenvalue weighted by Gasteiger charge is 2.16. The normalized spacial score (nSPS) is 10.7. The molecule has 160 valence electrons. The Morgan fingerprint density at radius 3 is 2.03 bits per heavy atom. The molecule has 2 aromatic heterocycles. The van der Waals surface area contributed by atoms with Gasteiger partial charge in [-0.05, 0) is 60.7 Å². The van der Waals surface area contributed by atoms with Crippen molar-refractivity contribution in [1.29, 1.82) is 0 Å². The first-order valence-corrected chi connectivity index (χ1v) is 10.0. The van der Waals surface area contributed by atoms with E-state index in [-0.39, 0.29) is 18.0 Å². The average molecular weight is 446 g/mol. The van der Waals surface area contributed by atoms with Gasteiger partial charge in [0.05, 0.1) is 17.9 Å². The Morgan fingerprint density at radius 2 is 1.47 bits per heavy atom. The summed E-state index contributed by atoms with van der Waals surface area (Å²) in [6.45, 7) is 3.85. The lowest BCUT2D eigenvalue weighted by atomic mass is 10.0. The highest BCUT2D eigenvalue weighted by Crippen LogP contribution is 2.32. The van der Waals surface area contributed by atoms with Crippen LogP contribution in [-0.4, -0.2) is 42.0 Å². The summed E-state index contributed by atoms with van der Waals surface area (Å²) >= 11 is 4.10. The SMILES string of the molecule is C=CCN(S)C(=O)Nc1ccc2nc(-c3ccc(O)cc3)c(-c3ccc(O)cc3)nc2n1. The minimum atomic E-state index is -0.451. The summed E-state index contributed by atoms with van der Waals surface area (Å²) in [4.78, 5) is 26.1. The summed E-state index contributed by atoms with van der Waals surface area (Å²) in [6.07, 6.45) is 1.56. The second kappa shape index (κ2) is 8.94. The highest BCUT2D eigenvalue weighted by atomic mass is 32.1. The third-order valence-corrected chi connectivity index (χ3v) is 4.93. The third kappa shape index (κ3) is 4.47. The van der Waals surface area contributed by atoms with Crippen molar-refractivity contribution in [3.8, 4) is 34.0 Å². The molecule has 0 aliphatic rings. The fourth-order valence-corrected chi connectivity index (χ4v) is 3.20. The Labute approximate surface area is 189 Å². The van der Waals surface area contributed by atoms with E-state index in [2.05, 4.69) is 29.7 Å². The summed E-state index contributed by atoms with van der Waals surface area (Å²) in [5.41, 5.74) is 3.48. The molecule has 2 heterocycles. The maximum Gasteiger partial charge on any atom is 0.333 e. The molecule has 3 N–H and O–H groups in total. The minimum absolute atomic E-state index is 0.132. The number of anilines is 1. The Balaban J connectivity index is 1.81. The molecule has 2 aromatic carbocycles. The van der Waals surface area contributed by atoms with E-state index < -0.39 is 6.03 Å². The second-order valence-electron chi connectivity index (χ2n) is 6.85. The summed E-state index contributed by atoms with van der Waals surface area (Å²) in [6, 6.07) is 16.1. The largest absolute Gasteiger partial charge is 0.508 e. The van der Waals surface area contributed by atoms with Crippen molar-refractivity contribution in [3.63, 3.8) is 0 Å². The fraction of sp³-hybridized carbons (Fsp3) is 0.0435. The summed E-state index contributed by atoms with van der Waals surface area (Å²) in [5, 5.41) is 22.0. The maximum atomic E-state index is 12.2. The number of phenols is 2. The predicted molar refractivity (Wildman–Crippen MR) is 126 cm³/mol. The van der Waals surface area contributed by atoms with Crippen molar-refractivity contribution in [2.45, 2.75) is 0 Å². The number of fused-ring (bicyclic) bond motifs is 1. The summed E-state index contributed by atoms with van der Waals surface area (Å²) in [7, 11) is 0. The number of rotatable bonds is 5. The topological polar surface area (TPSA) is 111 Å². The van der Waals surface area contributed by atoms with Crippen LogP contribution in [0, 0.1) is 0 Å². The Hall–Kier alpha value is -4.11. The zero-order valence-corrected chi connectivity index (χ0v) is 17.7. The van der Waals surface area contributed by atoms with E-state index in [9.17, 15) is 15.0 Å². The van der Waals surface area contributed by atoms with Crippen molar-refractivity contribution in [1.82, 2.24) is 19.3 Å². The number of phenolic OH excluding ortho intramolecular Hbond substituents is 2. The number of nitrogens with zero attached hydrogens (tertiary/aromatic N) is 4. The molecule has 0 aliphatic heterocycles. The monoisotopic (exact) mass is 445 g/mol. The van der Waals surface area contributed by atoms with Gasteiger partial charge in [-0.1, -0.05) is 18.9 Å². The van der Waals surface area contributed by atoms with Gasteiger partial charge in [-0.2, -0.15) is 0 Å². The first-order valence-electron chi connectivity index (χ1n) is 9.60. The van der Waals surface area contributed by atoms with Gasteiger partial charge >= 0.3 is 6.03 Å². The zero-order chi connectivity index (χ0) is 22.7. The quantitative estimate of drug-likeness (QED) is 0.263. The molecule has 0 radical (unpaired) electrons. The first-order chi connectivity index (χ1) is 15.4. The lowest BCUT2D eigenvalue weighted by Gasteiger charge is -2.14. The average Bonchev–Trinajstić information content (AvgIpc) is 2.79. The van der Waals surface area contributed by atoms with Crippen LogP contribution in [0.1, 0.15) is 0 Å². The Kier molecular flexibility index (Phi) is 5.91. The highest BCUT2D eigenvalue weighted by molar-refractivity contribution is 7.78. The van der Waals surface area contributed by atoms with Gasteiger partial charge in [0.15, 0.2) is 5.65 Å². The number of nitrogens with one attached hydrogen (secondary N) is 1. The molecular formula is C23H19N5O3S. The number of pyridine rings is 1. The first kappa shape index (κ1) is 21.1. The van der Waals surface area contributed by atoms with Crippen LogP contribution in [0.3, 0.4) is 0 Å². The number of aromatic nitrogens is 3. The van der Waals surface area contributed by atoms with Crippen LogP contribution in [0.15, 0.2) is 73.3 Å². The molecule has 0 fully saturated rings. The molecule has 9 heteroatoms. The lowest BCUT2D eigenvalue weighted by molar-refractivity contribution is 0.241. The van der Waals surface area contributed by atoms with E-state index in [0.717, 1.165) is 11.1 Å². The number of amides is 2. The van der Waals surface area contributed by atoms with Gasteiger partial charge in [0.2, 0.25) is 0 Å². The number of hydrogen-bond donors (Lipinski definition) is 4. The van der Waals surface area contributed by atoms with Gasteiger partial charge in [-0.15, -0.1) is 6.58 Å². The van der Waals surface area contributed by atoms with E-state index >= 15 is 0 Å². The number of carbonyl (C=O) groups excluding carboxylic acids is 1. The van der Waals surface area contributed by atoms with E-state index in [1.165, 1.54) is 4.31 Å². The van der Waals surface area contributed by atoms with Crippen molar-refractivity contribution in [3.05, 3.63) is 73.3 Å². The Morgan fingerprint density at radius 1 is 0.906 bits per heavy atom. The van der Waals surface area contributed by atoms with Crippen LogP contribution < -0.4 is 5.32 Å². The molecular weight excluding hydrogens is 426 g/mol. The second-order valence-corrected chi connectivity index (χ2v) is 7.34. The number of hydrogen-bond acceptors (Lipinski definition) is 7. The molecule has 0 unspecified atom stereocenters. The van der Waals surface area contributed by atoms with Gasteiger partial charge in [0.25, 0.3) is 0 Å². The van der Waals surface area contributed by atoms with Gasteiger partial charge in [0.1, 0.15) is 22.8 Å². The van der Waals surface area contributed by atoms with Gasteiger partial charge in [-0.25, -0.2) is 19.7 Å². The summed E-state index contributed by atoms with van der Waals surface area (Å²) < 4.78 is 1.17. The predicted octanol–water partition coefficient (Wildman–Crippen LogP) is 4.63. The van der Waals surface area contributed by atoms with Crippen LogP contribution in [-0.2, 0) is 0 Å². The van der Waals surface area contributed by atoms with Crippen LogP contribution in [0.25, 0.3) is 33.7 Å². The van der Waals surface area contributed by atoms with Gasteiger partial charge in [0, 0.05) is 11.1 Å². The lowest BCUT2D eigenvalue weighted by Crippen LogP contribution is -2.27. The maximum absolute atomic E-state index is 12.2. The molecule has 4 aromatic rings. The smallest absolute Gasteiger partial charge is 0.333 e. The molecule has 32 heavy (non-hydrogen) atoms. The van der Waals surface area contributed by atoms with E-state index in [1.807, 2.05) is 0 Å². The van der Waals surface area contributed by atoms with E-state index in [1.54, 1.807) is 66.7 Å². The molecule has 0 saturated heterocycles. The van der Waals surface area contributed by atoms with Gasteiger partial charge < -0.3 is 10.2 Å². The van der Waals surface area contributed by atoms with Crippen LogP contribution in [0.5, 0.6) is 11.5 Å². The Bertz CT molecular complexity index is 1290. The zero-order valence-electron chi connectivity index (χ0n) is 16.8. The van der Waals surface area contributed by atoms with Crippen LogP contribution in [0.4, 0.5) is 10.6 Å². The summed E-state index contributed by atoms with van der Waals surface area (Å²) in [5.74, 6) is 0.576. The van der Waals surface area contributed by atoms with Gasteiger partial charge in [-0.3, -0.25) is 9.62 Å². The van der Waals surface area contributed by atoms with E-state index in [4.69, 9.17) is 9.97 Å². The number of thiol groups is 1. The molecule has 0 spiro atoms.